The van der Waals surface area contributed by atoms with Gasteiger partial charge in [-0.2, -0.15) is 11.8 Å². The Bertz CT molecular complexity index is 512. The lowest BCUT2D eigenvalue weighted by molar-refractivity contribution is 0.714. The molecule has 1 N–H and O–H groups in total. The van der Waals surface area contributed by atoms with Crippen LogP contribution < -0.4 is 5.32 Å². The minimum absolute atomic E-state index is 0.506. The maximum Gasteiger partial charge on any atom is 0.200 e. The van der Waals surface area contributed by atoms with E-state index < -0.39 is 0 Å². The maximum absolute atomic E-state index is 4.33. The van der Waals surface area contributed by atoms with Crippen molar-refractivity contribution in [2.24, 2.45) is 0 Å². The maximum atomic E-state index is 4.33. The second-order valence-corrected chi connectivity index (χ2v) is 5.28. The van der Waals surface area contributed by atoms with Crippen molar-refractivity contribution in [1.29, 1.82) is 0 Å². The topological polar surface area (TPSA) is 68.0 Å². The van der Waals surface area contributed by atoms with Gasteiger partial charge in [-0.05, 0) is 41.7 Å². The molecule has 2 heterocycles. The van der Waals surface area contributed by atoms with Crippen LogP contribution in [0.1, 0.15) is 19.3 Å². The fourth-order valence-corrected chi connectivity index (χ4v) is 3.22. The Morgan fingerprint density at radius 1 is 1.41 bits per heavy atom. The summed E-state index contributed by atoms with van der Waals surface area (Å²) in [5.74, 6) is 0.843. The summed E-state index contributed by atoms with van der Waals surface area (Å²) in [5.41, 5.74) is 0.670. The Balaban J connectivity index is 1.79. The minimum atomic E-state index is 0.506. The van der Waals surface area contributed by atoms with Crippen LogP contribution in [-0.2, 0) is 0 Å². The molecule has 1 saturated carbocycles. The molecular weight excluding hydrogens is 236 g/mol. The van der Waals surface area contributed by atoms with Crippen molar-refractivity contribution >= 4 is 23.2 Å². The molecule has 2 atom stereocenters. The summed E-state index contributed by atoms with van der Waals surface area (Å²) in [4.78, 5) is 0. The molecule has 2 unspecified atom stereocenters. The molecule has 0 saturated heterocycles. The van der Waals surface area contributed by atoms with Gasteiger partial charge in [-0.25, -0.2) is 0 Å². The van der Waals surface area contributed by atoms with Crippen molar-refractivity contribution in [3.63, 3.8) is 0 Å². The monoisotopic (exact) mass is 250 g/mol. The summed E-state index contributed by atoms with van der Waals surface area (Å²) in [6.07, 6.45) is 5.95. The molecule has 7 heteroatoms. The predicted molar refractivity (Wildman–Crippen MR) is 67.1 cm³/mol. The van der Waals surface area contributed by atoms with Gasteiger partial charge >= 0.3 is 0 Å². The number of aromatic nitrogens is 5. The number of nitrogens with one attached hydrogen (secondary N) is 1. The SMILES string of the molecule is CSC1CCCC1Nc1ccc2nnnn2n1. The van der Waals surface area contributed by atoms with Crippen molar-refractivity contribution in [3.05, 3.63) is 12.1 Å². The molecule has 1 aliphatic rings. The zero-order valence-corrected chi connectivity index (χ0v) is 10.4. The van der Waals surface area contributed by atoms with Gasteiger partial charge in [0, 0.05) is 11.3 Å². The zero-order chi connectivity index (χ0) is 11.7. The van der Waals surface area contributed by atoms with E-state index in [2.05, 4.69) is 32.2 Å². The normalized spacial score (nSPS) is 24.3. The van der Waals surface area contributed by atoms with E-state index in [0.29, 0.717) is 16.9 Å². The van der Waals surface area contributed by atoms with Gasteiger partial charge in [-0.3, -0.25) is 0 Å². The van der Waals surface area contributed by atoms with Crippen LogP contribution in [0.2, 0.25) is 0 Å². The molecule has 0 aromatic carbocycles. The average Bonchev–Trinajstić information content (AvgIpc) is 2.96. The van der Waals surface area contributed by atoms with E-state index in [-0.39, 0.29) is 0 Å². The van der Waals surface area contributed by atoms with E-state index in [1.165, 1.54) is 23.9 Å². The zero-order valence-electron chi connectivity index (χ0n) is 9.58. The Labute approximate surface area is 103 Å². The molecule has 3 rings (SSSR count). The molecule has 0 aliphatic heterocycles. The van der Waals surface area contributed by atoms with Gasteiger partial charge in [0.15, 0.2) is 5.65 Å². The molecule has 6 nitrogen and oxygen atoms in total. The van der Waals surface area contributed by atoms with Crippen molar-refractivity contribution < 1.29 is 0 Å². The third kappa shape index (κ3) is 2.06. The Morgan fingerprint density at radius 2 is 2.35 bits per heavy atom. The van der Waals surface area contributed by atoms with Crippen LogP contribution in [0.3, 0.4) is 0 Å². The van der Waals surface area contributed by atoms with E-state index in [1.54, 1.807) is 0 Å². The minimum Gasteiger partial charge on any atom is -0.365 e. The molecule has 1 aliphatic carbocycles. The van der Waals surface area contributed by atoms with Crippen LogP contribution in [-0.4, -0.2) is 42.8 Å². The summed E-state index contributed by atoms with van der Waals surface area (Å²) in [7, 11) is 0. The van der Waals surface area contributed by atoms with Crippen molar-refractivity contribution in [2.75, 3.05) is 11.6 Å². The lowest BCUT2D eigenvalue weighted by Gasteiger charge is -2.19. The Hall–Kier alpha value is -1.37. The van der Waals surface area contributed by atoms with Crippen molar-refractivity contribution in [2.45, 2.75) is 30.6 Å². The van der Waals surface area contributed by atoms with Gasteiger partial charge in [-0.15, -0.1) is 14.8 Å². The lowest BCUT2D eigenvalue weighted by Crippen LogP contribution is -2.26. The molecule has 1 fully saturated rings. The summed E-state index contributed by atoms with van der Waals surface area (Å²) in [5, 5.41) is 19.7. The third-order valence-electron chi connectivity index (χ3n) is 3.16. The van der Waals surface area contributed by atoms with Crippen LogP contribution in [0, 0.1) is 0 Å². The highest BCUT2D eigenvalue weighted by atomic mass is 32.2. The first-order valence-corrected chi connectivity index (χ1v) is 7.00. The first-order chi connectivity index (χ1) is 8.36. The fraction of sp³-hybridized carbons (Fsp3) is 0.600. The quantitative estimate of drug-likeness (QED) is 0.883. The number of hydrogen-bond acceptors (Lipinski definition) is 6. The van der Waals surface area contributed by atoms with Crippen LogP contribution >= 0.6 is 11.8 Å². The van der Waals surface area contributed by atoms with Crippen molar-refractivity contribution in [3.8, 4) is 0 Å². The summed E-state index contributed by atoms with van der Waals surface area (Å²) < 4.78 is 1.45. The van der Waals surface area contributed by atoms with Gasteiger partial charge in [0.05, 0.1) is 0 Å². The number of nitrogens with zero attached hydrogens (tertiary/aromatic N) is 5. The second-order valence-electron chi connectivity index (χ2n) is 4.20. The van der Waals surface area contributed by atoms with Gasteiger partial charge in [0.2, 0.25) is 0 Å². The van der Waals surface area contributed by atoms with Crippen LogP contribution in [0.15, 0.2) is 12.1 Å². The molecule has 17 heavy (non-hydrogen) atoms. The Morgan fingerprint density at radius 3 is 3.24 bits per heavy atom. The summed E-state index contributed by atoms with van der Waals surface area (Å²) in [6.45, 7) is 0. The van der Waals surface area contributed by atoms with Crippen LogP contribution in [0.25, 0.3) is 5.65 Å². The number of fused-ring (bicyclic) bond motifs is 1. The Kier molecular flexibility index (Phi) is 2.84. The molecule has 2 aromatic rings. The largest absolute Gasteiger partial charge is 0.365 e. The van der Waals surface area contributed by atoms with Crippen molar-refractivity contribution in [1.82, 2.24) is 25.3 Å². The van der Waals surface area contributed by atoms with Crippen LogP contribution in [0.4, 0.5) is 5.82 Å². The highest BCUT2D eigenvalue weighted by Crippen LogP contribution is 2.30. The molecule has 2 aromatic heterocycles. The molecule has 0 spiro atoms. The van der Waals surface area contributed by atoms with E-state index in [9.17, 15) is 0 Å². The number of anilines is 1. The van der Waals surface area contributed by atoms with E-state index in [4.69, 9.17) is 0 Å². The predicted octanol–water partition coefficient (Wildman–Crippen LogP) is 1.22. The summed E-state index contributed by atoms with van der Waals surface area (Å²) >= 11 is 1.93. The third-order valence-corrected chi connectivity index (χ3v) is 4.33. The van der Waals surface area contributed by atoms with Gasteiger partial charge in [-0.1, -0.05) is 6.42 Å². The molecular formula is C10H14N6S. The molecule has 0 amide bonds. The number of hydrogen-bond donors (Lipinski definition) is 1. The standard InChI is InChI=1S/C10H14N6S/c1-17-8-4-2-3-7(8)11-9-5-6-10-12-14-15-16(10)13-9/h5-8H,2-4H2,1H3,(H,11,13). The average molecular weight is 250 g/mol. The highest BCUT2D eigenvalue weighted by Gasteiger charge is 2.26. The first kappa shape index (κ1) is 10.8. The smallest absolute Gasteiger partial charge is 0.200 e. The highest BCUT2D eigenvalue weighted by molar-refractivity contribution is 7.99. The lowest BCUT2D eigenvalue weighted by atomic mass is 10.2. The molecule has 90 valence electrons. The van der Waals surface area contributed by atoms with E-state index >= 15 is 0 Å². The first-order valence-electron chi connectivity index (χ1n) is 5.71. The number of thioether (sulfide) groups is 1. The molecule has 0 radical (unpaired) electrons. The van der Waals surface area contributed by atoms with E-state index in [1.807, 2.05) is 23.9 Å². The van der Waals surface area contributed by atoms with Gasteiger partial charge in [0.1, 0.15) is 5.82 Å². The summed E-state index contributed by atoms with van der Waals surface area (Å²) in [6, 6.07) is 4.31. The van der Waals surface area contributed by atoms with Gasteiger partial charge in [0.25, 0.3) is 0 Å². The second kappa shape index (κ2) is 4.48. The molecule has 0 bridgehead atoms. The van der Waals surface area contributed by atoms with Crippen LogP contribution in [0.5, 0.6) is 0 Å². The van der Waals surface area contributed by atoms with Gasteiger partial charge < -0.3 is 5.32 Å². The fourth-order valence-electron chi connectivity index (χ4n) is 2.29. The number of tetrazole rings is 1. The van der Waals surface area contributed by atoms with E-state index in [0.717, 1.165) is 5.82 Å². The number of rotatable bonds is 3.